The fourth-order valence-electron chi connectivity index (χ4n) is 2.48. The van der Waals surface area contributed by atoms with Crippen molar-refractivity contribution < 1.29 is 4.79 Å². The molecule has 3 nitrogen and oxygen atoms in total. The average molecular weight is 264 g/mol. The summed E-state index contributed by atoms with van der Waals surface area (Å²) in [5.74, 6) is 1.55. The highest BCUT2D eigenvalue weighted by molar-refractivity contribution is 7.10. The topological polar surface area (TPSA) is 41.1 Å². The molecule has 0 radical (unpaired) electrons. The molecule has 0 aromatic carbocycles. The second-order valence-electron chi connectivity index (χ2n) is 5.55. The van der Waals surface area contributed by atoms with E-state index < -0.39 is 0 Å². The van der Waals surface area contributed by atoms with Crippen LogP contribution in [0.1, 0.15) is 30.7 Å². The molecule has 2 unspecified atom stereocenters. The van der Waals surface area contributed by atoms with Gasteiger partial charge in [-0.25, -0.2) is 0 Å². The molecule has 1 aromatic rings. The molecular formula is C14H20N2OS. The molecule has 1 aliphatic carbocycles. The van der Waals surface area contributed by atoms with E-state index in [9.17, 15) is 4.79 Å². The molecule has 1 saturated heterocycles. The third-order valence-electron chi connectivity index (χ3n) is 4.17. The van der Waals surface area contributed by atoms with E-state index in [-0.39, 0.29) is 17.9 Å². The van der Waals surface area contributed by atoms with E-state index in [2.05, 4.69) is 35.1 Å². The van der Waals surface area contributed by atoms with Crippen LogP contribution in [0.2, 0.25) is 0 Å². The van der Waals surface area contributed by atoms with Crippen LogP contribution in [0.15, 0.2) is 17.5 Å². The van der Waals surface area contributed by atoms with Crippen LogP contribution in [-0.4, -0.2) is 19.0 Å². The van der Waals surface area contributed by atoms with E-state index in [1.807, 2.05) is 0 Å². The molecule has 0 spiro atoms. The molecule has 3 rings (SSSR count). The molecule has 98 valence electrons. The minimum atomic E-state index is 0.132. The zero-order chi connectivity index (χ0) is 12.5. The van der Waals surface area contributed by atoms with Gasteiger partial charge in [0.2, 0.25) is 5.91 Å². The number of amides is 1. The molecule has 2 N–H and O–H groups in total. The maximum absolute atomic E-state index is 12.3. The highest BCUT2D eigenvalue weighted by Crippen LogP contribution is 2.42. The average Bonchev–Trinajstić information content (AvgIpc) is 2.98. The van der Waals surface area contributed by atoms with Gasteiger partial charge in [-0.2, -0.15) is 0 Å². The van der Waals surface area contributed by atoms with Crippen molar-refractivity contribution >= 4 is 17.2 Å². The number of carbonyl (C=O) groups excluding carboxylic acids is 1. The van der Waals surface area contributed by atoms with Crippen molar-refractivity contribution in [1.82, 2.24) is 10.6 Å². The molecule has 1 aliphatic heterocycles. The lowest BCUT2D eigenvalue weighted by atomic mass is 9.88. The lowest BCUT2D eigenvalue weighted by molar-refractivity contribution is -0.127. The van der Waals surface area contributed by atoms with Crippen LogP contribution in [0, 0.1) is 17.8 Å². The summed E-state index contributed by atoms with van der Waals surface area (Å²) in [5, 5.41) is 8.60. The first-order valence-corrected chi connectivity index (χ1v) is 7.68. The van der Waals surface area contributed by atoms with Crippen molar-refractivity contribution in [3.05, 3.63) is 22.4 Å². The number of carbonyl (C=O) groups is 1. The minimum Gasteiger partial charge on any atom is -0.348 e. The molecule has 2 aliphatic rings. The van der Waals surface area contributed by atoms with E-state index in [4.69, 9.17) is 0 Å². The fourth-order valence-corrected chi connectivity index (χ4v) is 3.35. The summed E-state index contributed by atoms with van der Waals surface area (Å²) in [4.78, 5) is 13.6. The Kier molecular flexibility index (Phi) is 3.39. The maximum atomic E-state index is 12.3. The van der Waals surface area contributed by atoms with Gasteiger partial charge in [-0.3, -0.25) is 4.79 Å². The van der Waals surface area contributed by atoms with Crippen molar-refractivity contribution in [2.45, 2.75) is 25.8 Å². The molecular weight excluding hydrogens is 244 g/mol. The predicted molar refractivity (Wildman–Crippen MR) is 73.5 cm³/mol. The van der Waals surface area contributed by atoms with Crippen molar-refractivity contribution in [1.29, 1.82) is 0 Å². The summed E-state index contributed by atoms with van der Waals surface area (Å²) in [6.45, 7) is 4.03. The molecule has 2 atom stereocenters. The highest BCUT2D eigenvalue weighted by atomic mass is 32.1. The summed E-state index contributed by atoms with van der Waals surface area (Å²) in [7, 11) is 0. The van der Waals surface area contributed by atoms with E-state index in [0.717, 1.165) is 13.1 Å². The molecule has 4 heteroatoms. The Balaban J connectivity index is 1.63. The van der Waals surface area contributed by atoms with Gasteiger partial charge >= 0.3 is 0 Å². The smallest absolute Gasteiger partial charge is 0.223 e. The van der Waals surface area contributed by atoms with Crippen LogP contribution < -0.4 is 10.6 Å². The van der Waals surface area contributed by atoms with Gasteiger partial charge in [-0.1, -0.05) is 13.0 Å². The van der Waals surface area contributed by atoms with Gasteiger partial charge in [0.15, 0.2) is 0 Å². The van der Waals surface area contributed by atoms with Gasteiger partial charge in [0.1, 0.15) is 0 Å². The van der Waals surface area contributed by atoms with E-state index in [1.165, 1.54) is 17.7 Å². The fraction of sp³-hybridized carbons (Fsp3) is 0.643. The number of rotatable bonds is 5. The number of thiophene rings is 1. The summed E-state index contributed by atoms with van der Waals surface area (Å²) in [6.07, 6.45) is 2.50. The van der Waals surface area contributed by atoms with Gasteiger partial charge in [-0.15, -0.1) is 11.3 Å². The van der Waals surface area contributed by atoms with Crippen molar-refractivity contribution in [2.24, 2.45) is 17.8 Å². The van der Waals surface area contributed by atoms with Gasteiger partial charge in [0.25, 0.3) is 0 Å². The third kappa shape index (κ3) is 2.45. The zero-order valence-corrected chi connectivity index (χ0v) is 11.5. The Morgan fingerprint density at radius 3 is 2.72 bits per heavy atom. The Bertz CT molecular complexity index is 409. The molecule has 0 bridgehead atoms. The molecule has 1 amide bonds. The first-order valence-electron chi connectivity index (χ1n) is 6.80. The summed E-state index contributed by atoms with van der Waals surface area (Å²) < 4.78 is 0. The highest BCUT2D eigenvalue weighted by Gasteiger charge is 2.36. The summed E-state index contributed by atoms with van der Waals surface area (Å²) in [6, 6.07) is 4.47. The Morgan fingerprint density at radius 1 is 1.44 bits per heavy atom. The van der Waals surface area contributed by atoms with Crippen LogP contribution >= 0.6 is 11.3 Å². The van der Waals surface area contributed by atoms with Crippen molar-refractivity contribution in [3.8, 4) is 0 Å². The lowest BCUT2D eigenvalue weighted by Gasteiger charge is -2.32. The number of hydrogen-bond acceptors (Lipinski definition) is 3. The SMILES string of the molecule is CC(C(=O)NC(c1cccs1)C1CC1)C1CNC1. The Morgan fingerprint density at radius 2 is 2.22 bits per heavy atom. The van der Waals surface area contributed by atoms with Crippen molar-refractivity contribution in [2.75, 3.05) is 13.1 Å². The van der Waals surface area contributed by atoms with Gasteiger partial charge in [0.05, 0.1) is 6.04 Å². The largest absolute Gasteiger partial charge is 0.348 e. The molecule has 1 aromatic heterocycles. The van der Waals surface area contributed by atoms with Gasteiger partial charge in [0, 0.05) is 10.8 Å². The zero-order valence-electron chi connectivity index (χ0n) is 10.7. The van der Waals surface area contributed by atoms with Crippen LogP contribution in [0.25, 0.3) is 0 Å². The van der Waals surface area contributed by atoms with E-state index >= 15 is 0 Å². The summed E-state index contributed by atoms with van der Waals surface area (Å²) >= 11 is 1.75. The van der Waals surface area contributed by atoms with E-state index in [0.29, 0.717) is 11.8 Å². The second kappa shape index (κ2) is 5.02. The van der Waals surface area contributed by atoms with Crippen molar-refractivity contribution in [3.63, 3.8) is 0 Å². The molecule has 2 heterocycles. The van der Waals surface area contributed by atoms with E-state index in [1.54, 1.807) is 11.3 Å². The van der Waals surface area contributed by atoms with Gasteiger partial charge < -0.3 is 10.6 Å². The molecule has 1 saturated carbocycles. The third-order valence-corrected chi connectivity index (χ3v) is 5.13. The second-order valence-corrected chi connectivity index (χ2v) is 6.53. The molecule has 2 fully saturated rings. The standard InChI is InChI=1S/C14H20N2OS/c1-9(11-7-15-8-11)14(17)16-13(10-4-5-10)12-3-2-6-18-12/h2-3,6,9-11,13,15H,4-5,7-8H2,1H3,(H,16,17). The van der Waals surface area contributed by atoms with Gasteiger partial charge in [-0.05, 0) is 49.2 Å². The minimum absolute atomic E-state index is 0.132. The quantitative estimate of drug-likeness (QED) is 0.856. The normalized spacial score (nSPS) is 23.2. The Hall–Kier alpha value is -0.870. The maximum Gasteiger partial charge on any atom is 0.223 e. The van der Waals surface area contributed by atoms with Crippen LogP contribution in [0.3, 0.4) is 0 Å². The monoisotopic (exact) mass is 264 g/mol. The van der Waals surface area contributed by atoms with Crippen LogP contribution in [0.5, 0.6) is 0 Å². The Labute approximate surface area is 112 Å². The first kappa shape index (κ1) is 12.2. The predicted octanol–water partition coefficient (Wildman–Crippen LogP) is 2.17. The summed E-state index contributed by atoms with van der Waals surface area (Å²) in [5.41, 5.74) is 0. The lowest BCUT2D eigenvalue weighted by Crippen LogP contribution is -2.50. The van der Waals surface area contributed by atoms with Crippen LogP contribution in [0.4, 0.5) is 0 Å². The number of hydrogen-bond donors (Lipinski definition) is 2. The number of nitrogens with one attached hydrogen (secondary N) is 2. The first-order chi connectivity index (χ1) is 8.75. The van der Waals surface area contributed by atoms with Crippen LogP contribution in [-0.2, 0) is 4.79 Å². The molecule has 18 heavy (non-hydrogen) atoms.